The summed E-state index contributed by atoms with van der Waals surface area (Å²) in [5.41, 5.74) is 2.30. The Bertz CT molecular complexity index is 1540. The molecule has 4 aromatic rings. The van der Waals surface area contributed by atoms with Gasteiger partial charge in [0.15, 0.2) is 11.6 Å². The van der Waals surface area contributed by atoms with Gasteiger partial charge in [-0.3, -0.25) is 14.8 Å². The van der Waals surface area contributed by atoms with Crippen LogP contribution in [0.25, 0.3) is 10.9 Å². The van der Waals surface area contributed by atoms with Crippen LogP contribution < -0.4 is 15.1 Å². The zero-order valence-electron chi connectivity index (χ0n) is 20.0. The summed E-state index contributed by atoms with van der Waals surface area (Å²) in [6, 6.07) is 11.8. The maximum absolute atomic E-state index is 15.1. The molecule has 6 rings (SSSR count). The highest BCUT2D eigenvalue weighted by Gasteiger charge is 2.41. The Morgan fingerprint density at radius 1 is 1.22 bits per heavy atom. The van der Waals surface area contributed by atoms with Crippen molar-refractivity contribution >= 4 is 45.6 Å². The Labute approximate surface area is 211 Å². The normalized spacial score (nSPS) is 18.1. The molecule has 0 bridgehead atoms. The van der Waals surface area contributed by atoms with Gasteiger partial charge >= 0.3 is 0 Å². The molecule has 186 valence electrons. The zero-order valence-corrected chi connectivity index (χ0v) is 20.0. The molecule has 2 aliphatic heterocycles. The van der Waals surface area contributed by atoms with Crippen LogP contribution >= 0.6 is 0 Å². The smallest absolute Gasteiger partial charge is 0.254 e. The number of fused-ring (bicyclic) bond motifs is 2. The molecule has 0 saturated carbocycles. The van der Waals surface area contributed by atoms with Crippen LogP contribution in [0.5, 0.6) is 0 Å². The van der Waals surface area contributed by atoms with Gasteiger partial charge in [0, 0.05) is 19.3 Å². The second-order valence-electron chi connectivity index (χ2n) is 9.05. The van der Waals surface area contributed by atoms with Crippen LogP contribution in [0.4, 0.5) is 33.2 Å². The number of aromatic amines is 1. The van der Waals surface area contributed by atoms with Crippen molar-refractivity contribution in [2.45, 2.75) is 31.8 Å². The number of anilines is 5. The highest BCUT2D eigenvalue weighted by atomic mass is 19.1. The minimum absolute atomic E-state index is 0.0424. The first-order chi connectivity index (χ1) is 18.0. The number of nitrogens with zero attached hydrogens (tertiary/aromatic N) is 6. The summed E-state index contributed by atoms with van der Waals surface area (Å²) in [5, 5.41) is 19.4. The molecule has 0 aliphatic carbocycles. The van der Waals surface area contributed by atoms with Crippen molar-refractivity contribution in [3.05, 3.63) is 60.2 Å². The average Bonchev–Trinajstić information content (AvgIpc) is 3.42. The van der Waals surface area contributed by atoms with Crippen LogP contribution in [0.2, 0.25) is 0 Å². The molecule has 37 heavy (non-hydrogen) atoms. The first-order valence-corrected chi connectivity index (χ1v) is 12.0. The van der Waals surface area contributed by atoms with E-state index in [4.69, 9.17) is 9.72 Å². The molecular weight excluding hydrogens is 475 g/mol. The number of ether oxygens (including phenoxy) is 1. The largest absolute Gasteiger partial charge is 0.381 e. The fourth-order valence-electron chi connectivity index (χ4n) is 5.02. The summed E-state index contributed by atoms with van der Waals surface area (Å²) in [6.07, 6.45) is 4.49. The maximum atomic E-state index is 15.1. The molecule has 2 aromatic heterocycles. The van der Waals surface area contributed by atoms with Gasteiger partial charge in [-0.25, -0.2) is 9.37 Å². The minimum atomic E-state index is -0.525. The van der Waals surface area contributed by atoms with Crippen molar-refractivity contribution in [3.8, 4) is 6.07 Å². The van der Waals surface area contributed by atoms with Crippen molar-refractivity contribution < 1.29 is 13.9 Å². The van der Waals surface area contributed by atoms with Crippen molar-refractivity contribution in [2.75, 3.05) is 28.3 Å². The molecule has 1 saturated heterocycles. The molecule has 11 heteroatoms. The molecule has 2 aromatic carbocycles. The van der Waals surface area contributed by atoms with Gasteiger partial charge in [0.25, 0.3) is 5.91 Å². The summed E-state index contributed by atoms with van der Waals surface area (Å²) in [7, 11) is 0. The van der Waals surface area contributed by atoms with Crippen LogP contribution in [0.3, 0.4) is 0 Å². The van der Waals surface area contributed by atoms with Crippen molar-refractivity contribution in [1.29, 1.82) is 5.26 Å². The number of hydrogen-bond donors (Lipinski definition) is 2. The molecule has 0 spiro atoms. The Kier molecular flexibility index (Phi) is 5.65. The summed E-state index contributed by atoms with van der Waals surface area (Å²) in [4.78, 5) is 26.5. The summed E-state index contributed by atoms with van der Waals surface area (Å²) < 4.78 is 20.6. The molecule has 10 nitrogen and oxygen atoms in total. The van der Waals surface area contributed by atoms with E-state index in [0.717, 1.165) is 12.8 Å². The molecule has 4 heterocycles. The van der Waals surface area contributed by atoms with E-state index < -0.39 is 11.9 Å². The van der Waals surface area contributed by atoms with Crippen LogP contribution in [0.1, 0.15) is 25.3 Å². The Morgan fingerprint density at radius 2 is 2.05 bits per heavy atom. The Hall–Kier alpha value is -4.56. The quantitative estimate of drug-likeness (QED) is 0.430. The van der Waals surface area contributed by atoms with Gasteiger partial charge in [0.2, 0.25) is 5.95 Å². The number of hydrogen-bond acceptors (Lipinski definition) is 8. The van der Waals surface area contributed by atoms with Gasteiger partial charge in [-0.1, -0.05) is 6.07 Å². The molecule has 0 unspecified atom stereocenters. The lowest BCUT2D eigenvalue weighted by atomic mass is 10.0. The summed E-state index contributed by atoms with van der Waals surface area (Å²) in [5.74, 6) is 0.149. The fourth-order valence-corrected chi connectivity index (χ4v) is 5.02. The number of aromatic nitrogens is 4. The van der Waals surface area contributed by atoms with E-state index in [9.17, 15) is 10.1 Å². The van der Waals surface area contributed by atoms with E-state index in [-0.39, 0.29) is 23.6 Å². The molecule has 2 N–H and O–H groups in total. The average molecular weight is 499 g/mol. The summed E-state index contributed by atoms with van der Waals surface area (Å²) in [6.45, 7) is 3.04. The minimum Gasteiger partial charge on any atom is -0.381 e. The second kappa shape index (κ2) is 9.15. The van der Waals surface area contributed by atoms with E-state index in [0.29, 0.717) is 46.9 Å². The lowest BCUT2D eigenvalue weighted by Crippen LogP contribution is -2.56. The van der Waals surface area contributed by atoms with E-state index in [2.05, 4.69) is 26.6 Å². The topological polar surface area (TPSA) is 123 Å². The number of carbonyl (C=O) groups is 1. The fraction of sp³-hybridized carbons (Fsp3) is 0.269. The maximum Gasteiger partial charge on any atom is 0.254 e. The predicted octanol–water partition coefficient (Wildman–Crippen LogP) is 4.16. The standard InChI is InChI=1S/C26H23FN8O2/c1-15-25(36)35(18-4-2-3-16(11-18)12-28)22-14-29-26(32-24(22)34(15)17-7-9-37-10-8-17)31-21-6-5-20-19(23(21)27)13-30-33-20/h2-6,11,13-15,17H,7-10H2,1H3,(H,30,33)(H,29,31,32)/t15-/m1/s1. The number of carbonyl (C=O) groups excluding carboxylic acids is 1. The van der Waals surface area contributed by atoms with E-state index in [1.54, 1.807) is 47.5 Å². The van der Waals surface area contributed by atoms with Crippen molar-refractivity contribution in [1.82, 2.24) is 20.2 Å². The van der Waals surface area contributed by atoms with Gasteiger partial charge < -0.3 is 15.0 Å². The highest BCUT2D eigenvalue weighted by molar-refractivity contribution is 6.10. The third-order valence-electron chi connectivity index (χ3n) is 6.85. The van der Waals surface area contributed by atoms with Crippen LogP contribution in [0, 0.1) is 17.1 Å². The molecule has 1 amide bonds. The number of rotatable bonds is 4. The number of nitriles is 1. The third-order valence-corrected chi connectivity index (χ3v) is 6.85. The van der Waals surface area contributed by atoms with Crippen molar-refractivity contribution in [3.63, 3.8) is 0 Å². The highest BCUT2D eigenvalue weighted by Crippen LogP contribution is 2.42. The first kappa shape index (κ1) is 22.9. The SMILES string of the molecule is C[C@@H]1C(=O)N(c2cccc(C#N)c2)c2cnc(Nc3ccc4[nH]ncc4c3F)nc2N1C1CCOCC1. The lowest BCUT2D eigenvalue weighted by Gasteiger charge is -2.45. The van der Waals surface area contributed by atoms with Crippen LogP contribution in [0.15, 0.2) is 48.8 Å². The molecule has 2 aliphatic rings. The molecule has 1 fully saturated rings. The predicted molar refractivity (Wildman–Crippen MR) is 135 cm³/mol. The van der Waals surface area contributed by atoms with Crippen LogP contribution in [-0.2, 0) is 9.53 Å². The van der Waals surface area contributed by atoms with Gasteiger partial charge in [-0.05, 0) is 50.1 Å². The Balaban J connectivity index is 1.45. The Morgan fingerprint density at radius 3 is 2.86 bits per heavy atom. The van der Waals surface area contributed by atoms with E-state index in [1.807, 2.05) is 11.8 Å². The van der Waals surface area contributed by atoms with Crippen molar-refractivity contribution in [2.24, 2.45) is 0 Å². The molecule has 1 atom stereocenters. The number of H-pyrrole nitrogens is 1. The monoisotopic (exact) mass is 498 g/mol. The van der Waals surface area contributed by atoms with Gasteiger partial charge in [-0.15, -0.1) is 0 Å². The summed E-state index contributed by atoms with van der Waals surface area (Å²) >= 11 is 0. The number of benzene rings is 2. The number of halogens is 1. The number of amides is 1. The zero-order chi connectivity index (χ0) is 25.5. The van der Waals surface area contributed by atoms with Gasteiger partial charge in [-0.2, -0.15) is 15.3 Å². The van der Waals surface area contributed by atoms with Gasteiger partial charge in [0.1, 0.15) is 11.7 Å². The van der Waals surface area contributed by atoms with Crippen LogP contribution in [-0.4, -0.2) is 51.4 Å². The van der Waals surface area contributed by atoms with E-state index >= 15 is 4.39 Å². The van der Waals surface area contributed by atoms with E-state index in [1.165, 1.54) is 6.20 Å². The van der Waals surface area contributed by atoms with Gasteiger partial charge in [0.05, 0.1) is 46.3 Å². The molecular formula is C26H23FN8O2. The lowest BCUT2D eigenvalue weighted by molar-refractivity contribution is -0.119. The first-order valence-electron chi connectivity index (χ1n) is 12.0. The number of nitrogens with one attached hydrogen (secondary N) is 2. The second-order valence-corrected chi connectivity index (χ2v) is 9.05. The third kappa shape index (κ3) is 3.91. The molecule has 0 radical (unpaired) electrons.